The van der Waals surface area contributed by atoms with E-state index < -0.39 is 75.0 Å². The second-order valence-corrected chi connectivity index (χ2v) is 12.1. The van der Waals surface area contributed by atoms with Crippen LogP contribution in [-0.4, -0.2) is 51.5 Å². The molecule has 0 saturated heterocycles. The molecule has 4 aliphatic rings. The van der Waals surface area contributed by atoms with Gasteiger partial charge in [0, 0.05) is 22.7 Å². The highest BCUT2D eigenvalue weighted by Crippen LogP contribution is 2.72. The molecule has 1 aromatic rings. The molecular weight excluding hydrogens is 509 g/mol. The predicted octanol–water partition coefficient (Wildman–Crippen LogP) is 4.93. The van der Waals surface area contributed by atoms with Gasteiger partial charge in [-0.25, -0.2) is 18.0 Å². The molecule has 0 spiro atoms. The largest absolute Gasteiger partial charge is 0.472 e. The summed E-state index contributed by atoms with van der Waals surface area (Å²) in [4.78, 5) is 38.7. The number of rotatable bonds is 4. The summed E-state index contributed by atoms with van der Waals surface area (Å²) < 4.78 is 57.4. The molecule has 0 radical (unpaired) electrons. The van der Waals surface area contributed by atoms with Crippen LogP contribution in [-0.2, 0) is 14.3 Å². The molecule has 200 valence electrons. The zero-order valence-electron chi connectivity index (χ0n) is 20.7. The van der Waals surface area contributed by atoms with Gasteiger partial charge in [0.2, 0.25) is 5.12 Å². The number of ether oxygens (including phenoxy) is 1. The highest BCUT2D eigenvalue weighted by atomic mass is 32.2. The summed E-state index contributed by atoms with van der Waals surface area (Å²) in [6, 6.07) is 0.304. The average molecular weight is 539 g/mol. The Bertz CT molecular complexity index is 1200. The number of ketones is 1. The van der Waals surface area contributed by atoms with E-state index >= 15 is 8.78 Å². The van der Waals surface area contributed by atoms with Crippen molar-refractivity contribution in [3.8, 4) is 0 Å². The maximum atomic E-state index is 17.4. The number of thioether (sulfide) groups is 1. The van der Waals surface area contributed by atoms with Crippen molar-refractivity contribution in [3.63, 3.8) is 0 Å². The first kappa shape index (κ1) is 26.3. The molecule has 37 heavy (non-hydrogen) atoms. The lowest BCUT2D eigenvalue weighted by molar-refractivity contribution is -0.221. The molecule has 6 nitrogen and oxygen atoms in total. The fourth-order valence-corrected chi connectivity index (χ4v) is 8.75. The molecule has 0 amide bonds. The lowest BCUT2D eigenvalue weighted by Gasteiger charge is -2.63. The number of halogens is 3. The normalized spacial score (nSPS) is 44.5. The van der Waals surface area contributed by atoms with Gasteiger partial charge in [0.05, 0.1) is 17.9 Å². The zero-order valence-corrected chi connectivity index (χ0v) is 21.5. The summed E-state index contributed by atoms with van der Waals surface area (Å²) in [6.45, 7) is 4.81. The highest BCUT2D eigenvalue weighted by Gasteiger charge is 2.78. The SMILES string of the molecule is C[C@@H]1C[C@H]2[C@@H]3C[C@H](F)C4=CC(=O)C=C[C@]4(C)[C@@]3(F)[C@@H](O)C[C@]2(C)[C@]1(OC(=O)c1ccoc1)C(=O)SCF. The molecule has 0 aliphatic heterocycles. The lowest BCUT2D eigenvalue weighted by Crippen LogP contribution is -2.70. The number of aliphatic hydroxyl groups is 1. The molecule has 0 unspecified atom stereocenters. The molecule has 1 N–H and O–H groups in total. The lowest BCUT2D eigenvalue weighted by atomic mass is 9.44. The van der Waals surface area contributed by atoms with Crippen LogP contribution in [0.4, 0.5) is 13.2 Å². The third kappa shape index (κ3) is 3.27. The van der Waals surface area contributed by atoms with Crippen LogP contribution in [0.15, 0.2) is 46.8 Å². The van der Waals surface area contributed by atoms with E-state index in [4.69, 9.17) is 9.15 Å². The van der Waals surface area contributed by atoms with Crippen LogP contribution < -0.4 is 0 Å². The van der Waals surface area contributed by atoms with E-state index in [9.17, 15) is 23.9 Å². The van der Waals surface area contributed by atoms with Crippen molar-refractivity contribution in [2.75, 3.05) is 6.01 Å². The monoisotopic (exact) mass is 538 g/mol. The van der Waals surface area contributed by atoms with Gasteiger partial charge in [-0.2, -0.15) is 0 Å². The molecule has 10 heteroatoms. The minimum absolute atomic E-state index is 0.00541. The fourth-order valence-electron chi connectivity index (χ4n) is 7.96. The number of allylic oxidation sites excluding steroid dienone is 4. The van der Waals surface area contributed by atoms with Gasteiger partial charge < -0.3 is 14.3 Å². The molecule has 3 fully saturated rings. The van der Waals surface area contributed by atoms with Crippen molar-refractivity contribution >= 4 is 28.6 Å². The number of hydrogen-bond acceptors (Lipinski definition) is 7. The summed E-state index contributed by atoms with van der Waals surface area (Å²) in [5.41, 5.74) is -7.10. The quantitative estimate of drug-likeness (QED) is 0.544. The Balaban J connectivity index is 1.64. The van der Waals surface area contributed by atoms with Crippen molar-refractivity contribution in [2.24, 2.45) is 28.6 Å². The molecule has 5 rings (SSSR count). The second kappa shape index (κ2) is 8.59. The van der Waals surface area contributed by atoms with Crippen LogP contribution in [0.1, 0.15) is 50.4 Å². The van der Waals surface area contributed by atoms with Gasteiger partial charge in [0.25, 0.3) is 0 Å². The minimum Gasteiger partial charge on any atom is -0.472 e. The third-order valence-corrected chi connectivity index (χ3v) is 10.3. The third-order valence-electron chi connectivity index (χ3n) is 9.67. The molecule has 0 bridgehead atoms. The maximum absolute atomic E-state index is 17.4. The molecule has 3 saturated carbocycles. The van der Waals surface area contributed by atoms with Crippen molar-refractivity contribution in [3.05, 3.63) is 48.0 Å². The van der Waals surface area contributed by atoms with E-state index in [2.05, 4.69) is 0 Å². The van der Waals surface area contributed by atoms with Crippen LogP contribution in [0.2, 0.25) is 0 Å². The summed E-state index contributed by atoms with van der Waals surface area (Å²) in [5, 5.41) is 10.8. The molecule has 0 aromatic carbocycles. The van der Waals surface area contributed by atoms with Crippen LogP contribution in [0.25, 0.3) is 0 Å². The Morgan fingerprint density at radius 2 is 2.00 bits per heavy atom. The van der Waals surface area contributed by atoms with Gasteiger partial charge in [-0.05, 0) is 67.7 Å². The van der Waals surface area contributed by atoms with Crippen LogP contribution in [0.3, 0.4) is 0 Å². The Kier molecular flexibility index (Phi) is 6.10. The van der Waals surface area contributed by atoms with E-state index in [0.29, 0.717) is 11.8 Å². The fraction of sp³-hybridized carbons (Fsp3) is 0.593. The number of esters is 1. The smallest absolute Gasteiger partial charge is 0.342 e. The molecule has 1 heterocycles. The maximum Gasteiger partial charge on any atom is 0.342 e. The Hall–Kier alpha value is -2.33. The number of carbonyl (C=O) groups is 3. The number of alkyl halides is 3. The topological polar surface area (TPSA) is 93.8 Å². The zero-order chi connectivity index (χ0) is 27.0. The Morgan fingerprint density at radius 3 is 2.65 bits per heavy atom. The van der Waals surface area contributed by atoms with E-state index in [1.165, 1.54) is 31.4 Å². The molecule has 4 aliphatic carbocycles. The highest BCUT2D eigenvalue weighted by molar-refractivity contribution is 8.13. The van der Waals surface area contributed by atoms with E-state index in [1.54, 1.807) is 13.8 Å². The van der Waals surface area contributed by atoms with Gasteiger partial charge in [-0.3, -0.25) is 9.59 Å². The van der Waals surface area contributed by atoms with Crippen molar-refractivity contribution in [1.82, 2.24) is 0 Å². The minimum atomic E-state index is -2.34. The summed E-state index contributed by atoms with van der Waals surface area (Å²) in [6.07, 6.45) is 2.34. The first-order chi connectivity index (χ1) is 17.4. The first-order valence-corrected chi connectivity index (χ1v) is 13.3. The standard InChI is InChI=1S/C27H29F3O6S/c1-14-8-17-18-10-20(29)19-9-16(31)4-6-24(19,2)26(18,30)21(32)11-25(17,3)27(14,23(34)37-13-28)36-22(33)15-5-7-35-12-15/h4-7,9,12,14,17-18,20-21,32H,8,10-11,13H2,1-3H3/t14-,17+,18+,20+,21+,24+,25+,26+,27-/m1/s1. The average Bonchev–Trinajstić information content (AvgIpc) is 3.45. The number of hydrogen-bond donors (Lipinski definition) is 1. The summed E-state index contributed by atoms with van der Waals surface area (Å²) >= 11 is 0.359. The van der Waals surface area contributed by atoms with Gasteiger partial charge in [-0.1, -0.05) is 19.9 Å². The van der Waals surface area contributed by atoms with E-state index in [-0.39, 0.29) is 30.4 Å². The Morgan fingerprint density at radius 1 is 1.27 bits per heavy atom. The van der Waals surface area contributed by atoms with E-state index in [0.717, 1.165) is 12.3 Å². The predicted molar refractivity (Wildman–Crippen MR) is 129 cm³/mol. The summed E-state index contributed by atoms with van der Waals surface area (Å²) in [7, 11) is 0. The molecule has 1 aromatic heterocycles. The van der Waals surface area contributed by atoms with Crippen molar-refractivity contribution in [1.29, 1.82) is 0 Å². The number of furan rings is 1. The number of carbonyl (C=O) groups excluding carboxylic acids is 3. The molecular formula is C27H29F3O6S. The van der Waals surface area contributed by atoms with Crippen molar-refractivity contribution in [2.45, 2.75) is 63.6 Å². The van der Waals surface area contributed by atoms with Crippen LogP contribution >= 0.6 is 11.8 Å². The van der Waals surface area contributed by atoms with Crippen molar-refractivity contribution < 1.29 is 41.8 Å². The molecule has 9 atom stereocenters. The van der Waals surface area contributed by atoms with Gasteiger partial charge in [0.15, 0.2) is 17.1 Å². The number of fused-ring (bicyclic) bond motifs is 5. The summed E-state index contributed by atoms with van der Waals surface area (Å²) in [5.74, 6) is -3.72. The van der Waals surface area contributed by atoms with Gasteiger partial charge >= 0.3 is 5.97 Å². The second-order valence-electron chi connectivity index (χ2n) is 11.2. The van der Waals surface area contributed by atoms with Gasteiger partial charge in [0.1, 0.15) is 18.4 Å². The van der Waals surface area contributed by atoms with Crippen LogP contribution in [0, 0.1) is 28.6 Å². The number of aliphatic hydroxyl groups excluding tert-OH is 1. The van der Waals surface area contributed by atoms with Gasteiger partial charge in [-0.15, -0.1) is 0 Å². The Labute approximate surface area is 216 Å². The van der Waals surface area contributed by atoms with Crippen LogP contribution in [0.5, 0.6) is 0 Å². The van der Waals surface area contributed by atoms with E-state index in [1.807, 2.05) is 0 Å². The first-order valence-electron chi connectivity index (χ1n) is 12.3.